The Labute approximate surface area is 183 Å². The van der Waals surface area contributed by atoms with E-state index in [4.69, 9.17) is 9.15 Å². The number of hydrogen-bond acceptors (Lipinski definition) is 4. The molecule has 1 aromatic heterocycles. The van der Waals surface area contributed by atoms with Crippen LogP contribution in [0.4, 0.5) is 0 Å². The highest BCUT2D eigenvalue weighted by Crippen LogP contribution is 2.32. The number of ether oxygens (including phenoxy) is 1. The third-order valence-corrected chi connectivity index (χ3v) is 5.76. The number of nitrogens with zero attached hydrogens (tertiary/aromatic N) is 2. The molecular weight excluding hydrogens is 384 g/mol. The number of benzene rings is 3. The molecule has 0 atom stereocenters. The second-order valence-corrected chi connectivity index (χ2v) is 7.95. The summed E-state index contributed by atoms with van der Waals surface area (Å²) in [6.07, 6.45) is 4.19. The Morgan fingerprint density at radius 2 is 1.45 bits per heavy atom. The summed E-state index contributed by atoms with van der Waals surface area (Å²) in [6, 6.07) is 28.7. The van der Waals surface area contributed by atoms with E-state index in [2.05, 4.69) is 52.3 Å². The molecule has 0 unspecified atom stereocenters. The van der Waals surface area contributed by atoms with Crippen molar-refractivity contribution in [1.29, 1.82) is 0 Å². The quantitative estimate of drug-likeness (QED) is 0.388. The van der Waals surface area contributed by atoms with Crippen LogP contribution < -0.4 is 4.74 Å². The second kappa shape index (κ2) is 9.19. The molecule has 5 rings (SSSR count). The van der Waals surface area contributed by atoms with E-state index in [-0.39, 0.29) is 6.10 Å². The molecule has 0 spiro atoms. The zero-order valence-electron chi connectivity index (χ0n) is 17.5. The van der Waals surface area contributed by atoms with Gasteiger partial charge >= 0.3 is 0 Å². The van der Waals surface area contributed by atoms with Gasteiger partial charge in [-0.3, -0.25) is 4.90 Å². The Hall–Kier alpha value is -3.37. The van der Waals surface area contributed by atoms with Gasteiger partial charge in [-0.25, -0.2) is 4.98 Å². The number of piperidine rings is 1. The van der Waals surface area contributed by atoms with E-state index < -0.39 is 0 Å². The third kappa shape index (κ3) is 4.70. The molecule has 4 nitrogen and oxygen atoms in total. The SMILES string of the molecule is c1ccc(OC2CCN(Cc3cnc(-c4ccccc4-c4ccccc4)o3)CC2)cc1. The fourth-order valence-electron chi connectivity index (χ4n) is 4.14. The molecule has 0 N–H and O–H groups in total. The molecule has 3 aromatic carbocycles. The van der Waals surface area contributed by atoms with Crippen LogP contribution in [-0.4, -0.2) is 29.1 Å². The molecule has 156 valence electrons. The highest BCUT2D eigenvalue weighted by Gasteiger charge is 2.22. The van der Waals surface area contributed by atoms with Crippen molar-refractivity contribution in [2.24, 2.45) is 0 Å². The predicted octanol–water partition coefficient (Wildman–Crippen LogP) is 6.05. The minimum atomic E-state index is 0.279. The van der Waals surface area contributed by atoms with Crippen LogP contribution in [0.25, 0.3) is 22.6 Å². The van der Waals surface area contributed by atoms with Gasteiger partial charge in [0.15, 0.2) is 0 Å². The van der Waals surface area contributed by atoms with Gasteiger partial charge in [-0.2, -0.15) is 0 Å². The van der Waals surface area contributed by atoms with E-state index in [0.29, 0.717) is 5.89 Å². The van der Waals surface area contributed by atoms with Gasteiger partial charge in [0.05, 0.1) is 12.7 Å². The summed E-state index contributed by atoms with van der Waals surface area (Å²) in [4.78, 5) is 7.01. The van der Waals surface area contributed by atoms with Gasteiger partial charge in [0.25, 0.3) is 0 Å². The molecule has 4 heteroatoms. The van der Waals surface area contributed by atoms with Crippen molar-refractivity contribution >= 4 is 0 Å². The average molecular weight is 411 g/mol. The summed E-state index contributed by atoms with van der Waals surface area (Å²) < 4.78 is 12.3. The smallest absolute Gasteiger partial charge is 0.226 e. The van der Waals surface area contributed by atoms with Gasteiger partial charge in [0.1, 0.15) is 17.6 Å². The van der Waals surface area contributed by atoms with Crippen molar-refractivity contribution < 1.29 is 9.15 Å². The van der Waals surface area contributed by atoms with Crippen LogP contribution in [0.2, 0.25) is 0 Å². The summed E-state index contributed by atoms with van der Waals surface area (Å²) in [6.45, 7) is 2.76. The molecule has 1 saturated heterocycles. The minimum absolute atomic E-state index is 0.279. The van der Waals surface area contributed by atoms with E-state index in [1.807, 2.05) is 48.7 Å². The van der Waals surface area contributed by atoms with E-state index in [1.54, 1.807) is 0 Å². The van der Waals surface area contributed by atoms with Crippen molar-refractivity contribution in [1.82, 2.24) is 9.88 Å². The largest absolute Gasteiger partial charge is 0.490 e. The van der Waals surface area contributed by atoms with Crippen LogP contribution in [0, 0.1) is 0 Å². The predicted molar refractivity (Wildman–Crippen MR) is 123 cm³/mol. The lowest BCUT2D eigenvalue weighted by Crippen LogP contribution is -2.37. The number of hydrogen-bond donors (Lipinski definition) is 0. The molecule has 4 aromatic rings. The van der Waals surface area contributed by atoms with Gasteiger partial charge in [0.2, 0.25) is 5.89 Å². The molecule has 2 heterocycles. The van der Waals surface area contributed by atoms with Gasteiger partial charge < -0.3 is 9.15 Å². The van der Waals surface area contributed by atoms with Crippen LogP contribution in [0.15, 0.2) is 95.5 Å². The molecular formula is C27H26N2O2. The van der Waals surface area contributed by atoms with Crippen molar-refractivity contribution in [2.75, 3.05) is 13.1 Å². The van der Waals surface area contributed by atoms with Crippen LogP contribution in [0.5, 0.6) is 5.75 Å². The Bertz CT molecular complexity index is 1100. The summed E-state index contributed by atoms with van der Waals surface area (Å²) in [7, 11) is 0. The first-order valence-corrected chi connectivity index (χ1v) is 10.9. The summed E-state index contributed by atoms with van der Waals surface area (Å²) in [5, 5.41) is 0. The van der Waals surface area contributed by atoms with Gasteiger partial charge in [0, 0.05) is 18.7 Å². The van der Waals surface area contributed by atoms with Crippen molar-refractivity contribution in [3.63, 3.8) is 0 Å². The van der Waals surface area contributed by atoms with Gasteiger partial charge in [-0.15, -0.1) is 0 Å². The molecule has 0 radical (unpaired) electrons. The van der Waals surface area contributed by atoms with Crippen LogP contribution in [-0.2, 0) is 6.54 Å². The molecule has 0 amide bonds. The first-order valence-electron chi connectivity index (χ1n) is 10.9. The Balaban J connectivity index is 1.23. The fourth-order valence-corrected chi connectivity index (χ4v) is 4.14. The summed E-state index contributed by atoms with van der Waals surface area (Å²) in [5.74, 6) is 2.54. The Kier molecular flexibility index (Phi) is 5.81. The van der Waals surface area contributed by atoms with E-state index >= 15 is 0 Å². The average Bonchev–Trinajstić information content (AvgIpc) is 3.30. The third-order valence-electron chi connectivity index (χ3n) is 5.76. The number of oxazole rings is 1. The van der Waals surface area contributed by atoms with Crippen LogP contribution in [0.1, 0.15) is 18.6 Å². The standard InChI is InChI=1S/C27H26N2O2/c1-3-9-21(10-4-1)25-13-7-8-14-26(25)27-28-19-24(31-27)20-29-17-15-23(16-18-29)30-22-11-5-2-6-12-22/h1-14,19,23H,15-18,20H2. The van der Waals surface area contributed by atoms with Crippen molar-refractivity contribution in [3.8, 4) is 28.3 Å². The monoisotopic (exact) mass is 410 g/mol. The lowest BCUT2D eigenvalue weighted by atomic mass is 10.00. The molecule has 0 bridgehead atoms. The summed E-state index contributed by atoms with van der Waals surface area (Å²) in [5.41, 5.74) is 3.32. The number of likely N-dealkylation sites (tertiary alicyclic amines) is 1. The highest BCUT2D eigenvalue weighted by molar-refractivity contribution is 5.79. The molecule has 0 aliphatic carbocycles. The maximum Gasteiger partial charge on any atom is 0.226 e. The van der Waals surface area contributed by atoms with Crippen molar-refractivity contribution in [2.45, 2.75) is 25.5 Å². The van der Waals surface area contributed by atoms with Gasteiger partial charge in [-0.05, 0) is 42.2 Å². The van der Waals surface area contributed by atoms with E-state index in [1.165, 1.54) is 5.56 Å². The molecule has 0 saturated carbocycles. The Morgan fingerprint density at radius 1 is 0.806 bits per heavy atom. The van der Waals surface area contributed by atoms with E-state index in [0.717, 1.165) is 55.1 Å². The number of para-hydroxylation sites is 1. The molecule has 1 aliphatic rings. The maximum absolute atomic E-state index is 6.17. The lowest BCUT2D eigenvalue weighted by molar-refractivity contribution is 0.0930. The summed E-state index contributed by atoms with van der Waals surface area (Å²) >= 11 is 0. The second-order valence-electron chi connectivity index (χ2n) is 7.95. The number of rotatable bonds is 6. The normalized spacial score (nSPS) is 15.1. The first kappa shape index (κ1) is 19.6. The molecule has 31 heavy (non-hydrogen) atoms. The van der Waals surface area contributed by atoms with Crippen molar-refractivity contribution in [3.05, 3.63) is 96.9 Å². The first-order chi connectivity index (χ1) is 15.3. The highest BCUT2D eigenvalue weighted by atomic mass is 16.5. The van der Waals surface area contributed by atoms with Gasteiger partial charge in [-0.1, -0.05) is 66.7 Å². The topological polar surface area (TPSA) is 38.5 Å². The Morgan fingerprint density at radius 3 is 2.19 bits per heavy atom. The fraction of sp³-hybridized carbons (Fsp3) is 0.222. The van der Waals surface area contributed by atoms with Crippen LogP contribution >= 0.6 is 0 Å². The number of aromatic nitrogens is 1. The molecule has 1 fully saturated rings. The molecule has 1 aliphatic heterocycles. The zero-order chi connectivity index (χ0) is 20.9. The maximum atomic E-state index is 6.17. The zero-order valence-corrected chi connectivity index (χ0v) is 17.5. The minimum Gasteiger partial charge on any atom is -0.490 e. The van der Waals surface area contributed by atoms with Crippen LogP contribution in [0.3, 0.4) is 0 Å². The lowest BCUT2D eigenvalue weighted by Gasteiger charge is -2.31. The van der Waals surface area contributed by atoms with E-state index in [9.17, 15) is 0 Å².